The summed E-state index contributed by atoms with van der Waals surface area (Å²) in [6, 6.07) is 3.71. The Kier molecular flexibility index (Phi) is 9.44. The van der Waals surface area contributed by atoms with Crippen LogP contribution >= 0.6 is 0 Å². The second-order valence-corrected chi connectivity index (χ2v) is 9.20. The molecule has 1 aliphatic heterocycles. The minimum Gasteiger partial charge on any atom is -0.357 e. The van der Waals surface area contributed by atoms with Crippen LogP contribution in [0.25, 0.3) is 0 Å². The molecule has 2 N–H and O–H groups in total. The van der Waals surface area contributed by atoms with Gasteiger partial charge in [-0.05, 0) is 25.8 Å². The van der Waals surface area contributed by atoms with E-state index < -0.39 is 21.7 Å². The van der Waals surface area contributed by atoms with E-state index in [-0.39, 0.29) is 6.04 Å². The molecule has 1 atom stereocenters. The number of nitrogens with one attached hydrogen (secondary N) is 2. The van der Waals surface area contributed by atoms with Crippen LogP contribution in [-0.4, -0.2) is 76.2 Å². The van der Waals surface area contributed by atoms with Crippen LogP contribution in [0.2, 0.25) is 0 Å². The first-order chi connectivity index (χ1) is 14.2. The van der Waals surface area contributed by atoms with Gasteiger partial charge < -0.3 is 10.2 Å². The van der Waals surface area contributed by atoms with E-state index >= 15 is 0 Å². The van der Waals surface area contributed by atoms with E-state index in [1.807, 2.05) is 13.8 Å². The predicted octanol–water partition coefficient (Wildman–Crippen LogP) is 1.94. The first-order valence-corrected chi connectivity index (χ1v) is 12.3. The second kappa shape index (κ2) is 11.6. The third-order valence-electron chi connectivity index (χ3n) is 5.06. The van der Waals surface area contributed by atoms with Gasteiger partial charge in [0.1, 0.15) is 11.6 Å². The van der Waals surface area contributed by atoms with Gasteiger partial charge in [0.25, 0.3) is 0 Å². The highest BCUT2D eigenvalue weighted by Crippen LogP contribution is 2.28. The number of sulfonamides is 1. The number of hydrogen-bond acceptors (Lipinski definition) is 4. The Morgan fingerprint density at radius 3 is 2.47 bits per heavy atom. The highest BCUT2D eigenvalue weighted by molar-refractivity contribution is 7.88. The number of halogens is 2. The average Bonchev–Trinajstić information content (AvgIpc) is 2.69. The molecule has 170 valence electrons. The quantitative estimate of drug-likeness (QED) is 0.345. The van der Waals surface area contributed by atoms with E-state index in [1.54, 1.807) is 6.07 Å². The molecule has 0 aromatic heterocycles. The van der Waals surface area contributed by atoms with E-state index in [4.69, 9.17) is 0 Å². The monoisotopic (exact) mass is 445 g/mol. The van der Waals surface area contributed by atoms with Crippen LogP contribution < -0.4 is 10.0 Å². The SMILES string of the molecule is CCNC(=NCCCNS(C)(=O)=O)N1CCN(C(CC)c2ccc(F)cc2F)CC1. The second-order valence-electron chi connectivity index (χ2n) is 7.37. The maximum absolute atomic E-state index is 14.3. The van der Waals surface area contributed by atoms with E-state index in [1.165, 1.54) is 6.07 Å². The summed E-state index contributed by atoms with van der Waals surface area (Å²) < 4.78 is 52.2. The third-order valence-corrected chi connectivity index (χ3v) is 5.79. The molecule has 1 unspecified atom stereocenters. The van der Waals surface area contributed by atoms with Gasteiger partial charge in [0.15, 0.2) is 5.96 Å². The summed E-state index contributed by atoms with van der Waals surface area (Å²) in [5, 5.41) is 3.28. The molecule has 1 heterocycles. The van der Waals surface area contributed by atoms with E-state index in [0.29, 0.717) is 25.1 Å². The Labute approximate surface area is 178 Å². The van der Waals surface area contributed by atoms with Gasteiger partial charge in [-0.15, -0.1) is 0 Å². The largest absolute Gasteiger partial charge is 0.357 e. The van der Waals surface area contributed by atoms with Crippen LogP contribution in [0.15, 0.2) is 23.2 Å². The lowest BCUT2D eigenvalue weighted by Gasteiger charge is -2.40. The number of benzene rings is 1. The van der Waals surface area contributed by atoms with Crippen LogP contribution in [0.3, 0.4) is 0 Å². The number of hydrogen-bond donors (Lipinski definition) is 2. The molecular weight excluding hydrogens is 412 g/mol. The molecule has 2 rings (SSSR count). The zero-order valence-electron chi connectivity index (χ0n) is 18.0. The molecule has 0 bridgehead atoms. The lowest BCUT2D eigenvalue weighted by atomic mass is 10.0. The van der Waals surface area contributed by atoms with Crippen molar-refractivity contribution in [1.82, 2.24) is 19.8 Å². The van der Waals surface area contributed by atoms with Crippen LogP contribution in [0.5, 0.6) is 0 Å². The topological polar surface area (TPSA) is 77.0 Å². The van der Waals surface area contributed by atoms with Gasteiger partial charge in [-0.1, -0.05) is 13.0 Å². The van der Waals surface area contributed by atoms with Crippen molar-refractivity contribution in [3.05, 3.63) is 35.4 Å². The fourth-order valence-electron chi connectivity index (χ4n) is 3.64. The molecule has 1 saturated heterocycles. The van der Waals surface area contributed by atoms with Crippen molar-refractivity contribution in [1.29, 1.82) is 0 Å². The fourth-order valence-corrected chi connectivity index (χ4v) is 4.15. The first kappa shape index (κ1) is 24.5. The maximum atomic E-state index is 14.3. The van der Waals surface area contributed by atoms with Crippen molar-refractivity contribution in [3.8, 4) is 0 Å². The molecule has 7 nitrogen and oxygen atoms in total. The van der Waals surface area contributed by atoms with Crippen molar-refractivity contribution < 1.29 is 17.2 Å². The Morgan fingerprint density at radius 1 is 1.20 bits per heavy atom. The predicted molar refractivity (Wildman–Crippen MR) is 116 cm³/mol. The Bertz CT molecular complexity index is 811. The molecule has 1 aromatic rings. The average molecular weight is 446 g/mol. The molecule has 0 radical (unpaired) electrons. The van der Waals surface area contributed by atoms with E-state index in [0.717, 1.165) is 57.4 Å². The van der Waals surface area contributed by atoms with Crippen molar-refractivity contribution in [2.45, 2.75) is 32.7 Å². The number of aliphatic imine (C=N–C) groups is 1. The van der Waals surface area contributed by atoms with Crippen LogP contribution in [0.4, 0.5) is 8.78 Å². The van der Waals surface area contributed by atoms with Crippen molar-refractivity contribution in [2.75, 3.05) is 52.1 Å². The first-order valence-electron chi connectivity index (χ1n) is 10.4. The molecule has 10 heteroatoms. The fraction of sp³-hybridized carbons (Fsp3) is 0.650. The highest BCUT2D eigenvalue weighted by atomic mass is 32.2. The summed E-state index contributed by atoms with van der Waals surface area (Å²) in [6.45, 7) is 8.60. The number of rotatable bonds is 9. The summed E-state index contributed by atoms with van der Waals surface area (Å²) in [7, 11) is -3.18. The number of piperazine rings is 1. The van der Waals surface area contributed by atoms with Gasteiger partial charge in [0.05, 0.1) is 6.26 Å². The van der Waals surface area contributed by atoms with Crippen molar-refractivity contribution >= 4 is 16.0 Å². The zero-order chi connectivity index (χ0) is 22.1. The lowest BCUT2D eigenvalue weighted by Crippen LogP contribution is -2.53. The molecule has 0 aliphatic carbocycles. The summed E-state index contributed by atoms with van der Waals surface area (Å²) in [6.07, 6.45) is 2.49. The minimum absolute atomic E-state index is 0.0886. The summed E-state index contributed by atoms with van der Waals surface area (Å²) >= 11 is 0. The summed E-state index contributed by atoms with van der Waals surface area (Å²) in [5.74, 6) is -0.256. The highest BCUT2D eigenvalue weighted by Gasteiger charge is 2.27. The van der Waals surface area contributed by atoms with E-state index in [2.05, 4.69) is 24.8 Å². The van der Waals surface area contributed by atoms with Gasteiger partial charge in [-0.2, -0.15) is 0 Å². The maximum Gasteiger partial charge on any atom is 0.208 e. The molecule has 30 heavy (non-hydrogen) atoms. The molecule has 0 saturated carbocycles. The van der Waals surface area contributed by atoms with Crippen molar-refractivity contribution in [3.63, 3.8) is 0 Å². The third kappa shape index (κ3) is 7.48. The Morgan fingerprint density at radius 2 is 1.90 bits per heavy atom. The molecular formula is C20H33F2N5O2S. The molecule has 1 aromatic carbocycles. The zero-order valence-corrected chi connectivity index (χ0v) is 18.8. The normalized spacial score (nSPS) is 17.2. The molecule has 0 spiro atoms. The van der Waals surface area contributed by atoms with Crippen LogP contribution in [-0.2, 0) is 10.0 Å². The van der Waals surface area contributed by atoms with Crippen LogP contribution in [0.1, 0.15) is 38.3 Å². The Balaban J connectivity index is 1.94. The van der Waals surface area contributed by atoms with Gasteiger partial charge in [0, 0.05) is 63.5 Å². The summed E-state index contributed by atoms with van der Waals surface area (Å²) in [5.41, 5.74) is 0.534. The Hall–Kier alpha value is -1.78. The molecule has 0 amide bonds. The number of guanidine groups is 1. The van der Waals surface area contributed by atoms with Gasteiger partial charge >= 0.3 is 0 Å². The molecule has 1 fully saturated rings. The van der Waals surface area contributed by atoms with Gasteiger partial charge in [-0.3, -0.25) is 9.89 Å². The summed E-state index contributed by atoms with van der Waals surface area (Å²) in [4.78, 5) is 9.00. The van der Waals surface area contributed by atoms with E-state index in [9.17, 15) is 17.2 Å². The van der Waals surface area contributed by atoms with Crippen LogP contribution in [0, 0.1) is 11.6 Å². The molecule has 1 aliphatic rings. The number of nitrogens with zero attached hydrogens (tertiary/aromatic N) is 3. The standard InChI is InChI=1S/C20H33F2N5O2S/c1-4-19(17-8-7-16(21)15-18(17)22)26-11-13-27(14-12-26)20(23-5-2)24-9-6-10-25-30(3,28)29/h7-8,15,19,25H,4-6,9-14H2,1-3H3,(H,23,24). The minimum atomic E-state index is -3.18. The van der Waals surface area contributed by atoms with Gasteiger partial charge in [0.2, 0.25) is 10.0 Å². The lowest BCUT2D eigenvalue weighted by molar-refractivity contribution is 0.124. The van der Waals surface area contributed by atoms with Crippen molar-refractivity contribution in [2.24, 2.45) is 4.99 Å². The van der Waals surface area contributed by atoms with Gasteiger partial charge in [-0.25, -0.2) is 21.9 Å². The smallest absolute Gasteiger partial charge is 0.208 e.